The summed E-state index contributed by atoms with van der Waals surface area (Å²) in [6.07, 6.45) is 1.00. The van der Waals surface area contributed by atoms with E-state index >= 15 is 0 Å². The molecule has 0 aliphatic heterocycles. The van der Waals surface area contributed by atoms with Crippen molar-refractivity contribution in [3.05, 3.63) is 0 Å². The predicted molar refractivity (Wildman–Crippen MR) is 33.3 cm³/mol. The molecule has 0 aromatic rings. The number of nitrogens with two attached hydrogens (primary N) is 1. The highest BCUT2D eigenvalue weighted by Crippen LogP contribution is 1.84. The van der Waals surface area contributed by atoms with Crippen LogP contribution in [0.2, 0.25) is 0 Å². The second-order valence-corrected chi connectivity index (χ2v) is 1.66. The summed E-state index contributed by atoms with van der Waals surface area (Å²) >= 11 is 0. The van der Waals surface area contributed by atoms with Crippen molar-refractivity contribution in [3.8, 4) is 0 Å². The monoisotopic (exact) mass is 118 g/mol. The van der Waals surface area contributed by atoms with E-state index in [1.807, 2.05) is 0 Å². The molecule has 0 bridgehead atoms. The molecular weight excluding hydrogens is 104 g/mol. The van der Waals surface area contributed by atoms with Gasteiger partial charge in [0.1, 0.15) is 0 Å². The molecule has 0 radical (unpaired) electrons. The number of hydroxylamine groups is 1. The van der Waals surface area contributed by atoms with Gasteiger partial charge in [0.2, 0.25) is 0 Å². The molecular formula is C5H14N2O. The van der Waals surface area contributed by atoms with Crippen LogP contribution in [0.3, 0.4) is 0 Å². The average molecular weight is 118 g/mol. The number of hydrogen-bond acceptors (Lipinski definition) is 3. The van der Waals surface area contributed by atoms with Crippen LogP contribution in [0.25, 0.3) is 0 Å². The Hall–Kier alpha value is -0.120. The fourth-order valence-electron chi connectivity index (χ4n) is 0.465. The molecule has 0 aromatic carbocycles. The maximum Gasteiger partial charge on any atom is 0.0572 e. The lowest BCUT2D eigenvalue weighted by atomic mass is 10.2. The second-order valence-electron chi connectivity index (χ2n) is 1.66. The average Bonchev–Trinajstić information content (AvgIpc) is 1.83. The van der Waals surface area contributed by atoms with E-state index in [2.05, 4.69) is 17.2 Å². The molecule has 0 fully saturated rings. The van der Waals surface area contributed by atoms with Crippen molar-refractivity contribution in [1.29, 1.82) is 0 Å². The van der Waals surface area contributed by atoms with Gasteiger partial charge in [-0.1, -0.05) is 6.92 Å². The highest BCUT2D eigenvalue weighted by atomic mass is 16.6. The van der Waals surface area contributed by atoms with Gasteiger partial charge in [-0.2, -0.15) is 5.48 Å². The minimum Gasteiger partial charge on any atom is -0.329 e. The molecule has 3 heteroatoms. The van der Waals surface area contributed by atoms with Crippen molar-refractivity contribution in [1.82, 2.24) is 5.48 Å². The van der Waals surface area contributed by atoms with Crippen LogP contribution in [0, 0.1) is 0 Å². The molecule has 0 heterocycles. The molecule has 3 nitrogen and oxygen atoms in total. The topological polar surface area (TPSA) is 47.3 Å². The minimum absolute atomic E-state index is 0.306. The van der Waals surface area contributed by atoms with E-state index in [0.717, 1.165) is 6.42 Å². The summed E-state index contributed by atoms with van der Waals surface area (Å²) in [6.45, 7) is 2.69. The lowest BCUT2D eigenvalue weighted by Crippen LogP contribution is -2.34. The van der Waals surface area contributed by atoms with Gasteiger partial charge in [-0.3, -0.25) is 0 Å². The standard InChI is InChI=1S/C5H14N2O/c1-3-5(4-6)7-8-2/h5,7H,3-4,6H2,1-2H3. The van der Waals surface area contributed by atoms with Gasteiger partial charge >= 0.3 is 0 Å². The highest BCUT2D eigenvalue weighted by Gasteiger charge is 1.98. The molecule has 1 atom stereocenters. The van der Waals surface area contributed by atoms with E-state index in [-0.39, 0.29) is 0 Å². The molecule has 50 valence electrons. The summed E-state index contributed by atoms with van der Waals surface area (Å²) < 4.78 is 0. The molecule has 8 heavy (non-hydrogen) atoms. The fraction of sp³-hybridized carbons (Fsp3) is 1.00. The number of rotatable bonds is 4. The SMILES string of the molecule is CCC(CN)NOC. The summed E-state index contributed by atoms with van der Waals surface area (Å²) in [4.78, 5) is 4.66. The van der Waals surface area contributed by atoms with Crippen LogP contribution in [0.1, 0.15) is 13.3 Å². The third-order valence-electron chi connectivity index (χ3n) is 1.06. The van der Waals surface area contributed by atoms with E-state index < -0.39 is 0 Å². The zero-order valence-corrected chi connectivity index (χ0v) is 5.48. The quantitative estimate of drug-likeness (QED) is 0.506. The normalized spacial score (nSPS) is 13.9. The van der Waals surface area contributed by atoms with Crippen molar-refractivity contribution in [2.45, 2.75) is 19.4 Å². The van der Waals surface area contributed by atoms with Crippen LogP contribution >= 0.6 is 0 Å². The van der Waals surface area contributed by atoms with Crippen LogP contribution in [-0.2, 0) is 4.84 Å². The zero-order chi connectivity index (χ0) is 6.41. The predicted octanol–water partition coefficient (Wildman–Crippen LogP) is -0.125. The summed E-state index contributed by atoms with van der Waals surface area (Å²) in [7, 11) is 1.60. The van der Waals surface area contributed by atoms with Gasteiger partial charge < -0.3 is 10.6 Å². The summed E-state index contributed by atoms with van der Waals surface area (Å²) in [6, 6.07) is 0.306. The molecule has 0 aliphatic rings. The van der Waals surface area contributed by atoms with Crippen LogP contribution in [0.5, 0.6) is 0 Å². The molecule has 0 saturated heterocycles. The molecule has 1 unspecified atom stereocenters. The fourth-order valence-corrected chi connectivity index (χ4v) is 0.465. The van der Waals surface area contributed by atoms with Crippen LogP contribution in [0.4, 0.5) is 0 Å². The van der Waals surface area contributed by atoms with Crippen molar-refractivity contribution >= 4 is 0 Å². The van der Waals surface area contributed by atoms with Gasteiger partial charge in [-0.25, -0.2) is 0 Å². The lowest BCUT2D eigenvalue weighted by Gasteiger charge is -2.10. The van der Waals surface area contributed by atoms with Crippen LogP contribution in [0.15, 0.2) is 0 Å². The largest absolute Gasteiger partial charge is 0.329 e. The van der Waals surface area contributed by atoms with Gasteiger partial charge in [0.25, 0.3) is 0 Å². The minimum atomic E-state index is 0.306. The Morgan fingerprint density at radius 3 is 2.50 bits per heavy atom. The molecule has 0 rings (SSSR count). The van der Waals surface area contributed by atoms with E-state index in [1.54, 1.807) is 7.11 Å². The van der Waals surface area contributed by atoms with Gasteiger partial charge in [0, 0.05) is 12.6 Å². The van der Waals surface area contributed by atoms with Crippen LogP contribution < -0.4 is 11.2 Å². The van der Waals surface area contributed by atoms with Gasteiger partial charge in [-0.15, -0.1) is 0 Å². The lowest BCUT2D eigenvalue weighted by molar-refractivity contribution is 0.0621. The third kappa shape index (κ3) is 2.96. The Labute approximate surface area is 50.2 Å². The molecule has 0 aromatic heterocycles. The maximum absolute atomic E-state index is 5.33. The highest BCUT2D eigenvalue weighted by molar-refractivity contribution is 4.57. The Morgan fingerprint density at radius 1 is 1.75 bits per heavy atom. The van der Waals surface area contributed by atoms with Gasteiger partial charge in [0.05, 0.1) is 7.11 Å². The second kappa shape index (κ2) is 5.03. The summed E-state index contributed by atoms with van der Waals surface area (Å²) in [5.41, 5.74) is 8.08. The van der Waals surface area contributed by atoms with Crippen molar-refractivity contribution in [3.63, 3.8) is 0 Å². The van der Waals surface area contributed by atoms with Crippen LogP contribution in [-0.4, -0.2) is 19.7 Å². The van der Waals surface area contributed by atoms with Crippen molar-refractivity contribution in [2.24, 2.45) is 5.73 Å². The maximum atomic E-state index is 5.33. The number of hydrogen-bond donors (Lipinski definition) is 2. The first-order valence-electron chi connectivity index (χ1n) is 2.83. The third-order valence-corrected chi connectivity index (χ3v) is 1.06. The molecule has 0 saturated carbocycles. The molecule has 0 aliphatic carbocycles. The first kappa shape index (κ1) is 7.88. The Balaban J connectivity index is 3.07. The smallest absolute Gasteiger partial charge is 0.0572 e. The zero-order valence-electron chi connectivity index (χ0n) is 5.48. The molecule has 0 amide bonds. The Morgan fingerprint density at radius 2 is 2.38 bits per heavy atom. The van der Waals surface area contributed by atoms with E-state index in [1.165, 1.54) is 0 Å². The van der Waals surface area contributed by atoms with E-state index in [0.29, 0.717) is 12.6 Å². The van der Waals surface area contributed by atoms with Crippen molar-refractivity contribution in [2.75, 3.05) is 13.7 Å². The molecule has 3 N–H and O–H groups in total. The first-order chi connectivity index (χ1) is 3.85. The summed E-state index contributed by atoms with van der Waals surface area (Å²) in [5.74, 6) is 0. The van der Waals surface area contributed by atoms with Crippen molar-refractivity contribution < 1.29 is 4.84 Å². The summed E-state index contributed by atoms with van der Waals surface area (Å²) in [5, 5.41) is 0. The van der Waals surface area contributed by atoms with Gasteiger partial charge in [-0.05, 0) is 6.42 Å². The first-order valence-corrected chi connectivity index (χ1v) is 2.83. The van der Waals surface area contributed by atoms with Gasteiger partial charge in [0.15, 0.2) is 0 Å². The number of nitrogens with one attached hydrogen (secondary N) is 1. The molecule has 0 spiro atoms. The van der Waals surface area contributed by atoms with E-state index in [9.17, 15) is 0 Å². The Bertz CT molecular complexity index is 45.7. The Kier molecular flexibility index (Phi) is 4.95. The van der Waals surface area contributed by atoms with E-state index in [4.69, 9.17) is 5.73 Å².